The molecular formula is C17H27NO. The Balaban J connectivity index is 2.27. The molecule has 1 aromatic carbocycles. The molecule has 106 valence electrons. The number of nitrogens with one attached hydrogen (secondary N) is 1. The zero-order valence-electron chi connectivity index (χ0n) is 12.8. The Morgan fingerprint density at radius 3 is 2.16 bits per heavy atom. The molecular weight excluding hydrogens is 234 g/mol. The van der Waals surface area contributed by atoms with Crippen molar-refractivity contribution in [1.29, 1.82) is 0 Å². The lowest BCUT2D eigenvalue weighted by atomic mass is 9.80. The molecule has 1 fully saturated rings. The number of rotatable bonds is 4. The predicted octanol–water partition coefficient (Wildman–Crippen LogP) is 4.15. The Morgan fingerprint density at radius 1 is 1.11 bits per heavy atom. The first-order valence-electron chi connectivity index (χ1n) is 7.49. The Bertz CT molecular complexity index is 398. The largest absolute Gasteiger partial charge is 0.496 e. The van der Waals surface area contributed by atoms with E-state index in [1.54, 1.807) is 7.11 Å². The molecule has 0 radical (unpaired) electrons. The SMILES string of the molecule is CNC(c1cc(C)c(OC)c(C)c1)C1CCCCC1. The quantitative estimate of drug-likeness (QED) is 0.879. The first kappa shape index (κ1) is 14.4. The average molecular weight is 261 g/mol. The number of ether oxygens (including phenoxy) is 1. The fourth-order valence-electron chi connectivity index (χ4n) is 3.63. The standard InChI is InChI=1S/C17H27NO/c1-12-10-15(11-13(2)17(12)19-4)16(18-3)14-8-6-5-7-9-14/h10-11,14,16,18H,5-9H2,1-4H3. The minimum atomic E-state index is 0.489. The van der Waals surface area contributed by atoms with Crippen molar-refractivity contribution in [3.8, 4) is 5.75 Å². The second-order valence-corrected chi connectivity index (χ2v) is 5.85. The van der Waals surface area contributed by atoms with Crippen LogP contribution in [0.4, 0.5) is 0 Å². The molecule has 1 aromatic rings. The first-order valence-corrected chi connectivity index (χ1v) is 7.49. The van der Waals surface area contributed by atoms with E-state index in [2.05, 4.69) is 38.3 Å². The van der Waals surface area contributed by atoms with Crippen molar-refractivity contribution < 1.29 is 4.74 Å². The van der Waals surface area contributed by atoms with Gasteiger partial charge < -0.3 is 10.1 Å². The molecule has 1 atom stereocenters. The molecule has 2 heteroatoms. The van der Waals surface area contributed by atoms with Crippen molar-refractivity contribution in [2.24, 2.45) is 5.92 Å². The molecule has 0 saturated heterocycles. The van der Waals surface area contributed by atoms with Crippen molar-refractivity contribution in [1.82, 2.24) is 5.32 Å². The molecule has 2 nitrogen and oxygen atoms in total. The van der Waals surface area contributed by atoms with E-state index in [-0.39, 0.29) is 0 Å². The van der Waals surface area contributed by atoms with Crippen LogP contribution in [0.15, 0.2) is 12.1 Å². The van der Waals surface area contributed by atoms with Crippen molar-refractivity contribution in [2.75, 3.05) is 14.2 Å². The highest BCUT2D eigenvalue weighted by molar-refractivity contribution is 5.44. The van der Waals surface area contributed by atoms with Gasteiger partial charge in [0.05, 0.1) is 7.11 Å². The normalized spacial score (nSPS) is 18.3. The molecule has 1 aliphatic rings. The van der Waals surface area contributed by atoms with Gasteiger partial charge in [0.2, 0.25) is 0 Å². The van der Waals surface area contributed by atoms with Gasteiger partial charge in [-0.25, -0.2) is 0 Å². The summed E-state index contributed by atoms with van der Waals surface area (Å²) in [5.74, 6) is 1.81. The second-order valence-electron chi connectivity index (χ2n) is 5.85. The molecule has 0 aliphatic heterocycles. The highest BCUT2D eigenvalue weighted by Gasteiger charge is 2.24. The zero-order chi connectivity index (χ0) is 13.8. The summed E-state index contributed by atoms with van der Waals surface area (Å²) >= 11 is 0. The number of hydrogen-bond acceptors (Lipinski definition) is 2. The molecule has 2 rings (SSSR count). The third-order valence-electron chi connectivity index (χ3n) is 4.48. The van der Waals surface area contributed by atoms with Crippen molar-refractivity contribution in [2.45, 2.75) is 52.0 Å². The van der Waals surface area contributed by atoms with E-state index in [1.165, 1.54) is 48.8 Å². The molecule has 1 N–H and O–H groups in total. The predicted molar refractivity (Wildman–Crippen MR) is 80.8 cm³/mol. The summed E-state index contributed by atoms with van der Waals surface area (Å²) in [7, 11) is 3.85. The summed E-state index contributed by atoms with van der Waals surface area (Å²) in [6, 6.07) is 5.08. The van der Waals surface area contributed by atoms with Gasteiger partial charge in [0, 0.05) is 6.04 Å². The first-order chi connectivity index (χ1) is 9.17. The van der Waals surface area contributed by atoms with Crippen LogP contribution in [0.1, 0.15) is 54.8 Å². The van der Waals surface area contributed by atoms with Gasteiger partial charge in [-0.1, -0.05) is 31.4 Å². The van der Waals surface area contributed by atoms with E-state index in [0.29, 0.717) is 6.04 Å². The molecule has 0 heterocycles. The van der Waals surface area contributed by atoms with Gasteiger partial charge in [-0.05, 0) is 56.3 Å². The maximum atomic E-state index is 5.47. The topological polar surface area (TPSA) is 21.3 Å². The van der Waals surface area contributed by atoms with Gasteiger partial charge in [-0.2, -0.15) is 0 Å². The van der Waals surface area contributed by atoms with Crippen LogP contribution in [-0.2, 0) is 0 Å². The van der Waals surface area contributed by atoms with E-state index in [0.717, 1.165) is 11.7 Å². The van der Waals surface area contributed by atoms with Crippen molar-refractivity contribution in [3.05, 3.63) is 28.8 Å². The maximum absolute atomic E-state index is 5.47. The lowest BCUT2D eigenvalue weighted by molar-refractivity contribution is 0.281. The lowest BCUT2D eigenvalue weighted by Crippen LogP contribution is -2.27. The molecule has 19 heavy (non-hydrogen) atoms. The number of hydrogen-bond donors (Lipinski definition) is 1. The van der Waals surface area contributed by atoms with Gasteiger partial charge in [-0.15, -0.1) is 0 Å². The zero-order valence-corrected chi connectivity index (χ0v) is 12.8. The summed E-state index contributed by atoms with van der Waals surface area (Å²) < 4.78 is 5.47. The van der Waals surface area contributed by atoms with Crippen molar-refractivity contribution >= 4 is 0 Å². The third-order valence-corrected chi connectivity index (χ3v) is 4.48. The molecule has 1 unspecified atom stereocenters. The van der Waals surface area contributed by atoms with Gasteiger partial charge in [0.25, 0.3) is 0 Å². The summed E-state index contributed by atoms with van der Waals surface area (Å²) in [6.07, 6.45) is 6.90. The number of benzene rings is 1. The van der Waals surface area contributed by atoms with Crippen LogP contribution in [0.5, 0.6) is 5.75 Å². The average Bonchev–Trinajstić information content (AvgIpc) is 2.40. The summed E-state index contributed by atoms with van der Waals surface area (Å²) in [6.45, 7) is 4.28. The van der Waals surface area contributed by atoms with E-state index >= 15 is 0 Å². The second kappa shape index (κ2) is 6.42. The van der Waals surface area contributed by atoms with Crippen LogP contribution in [0.2, 0.25) is 0 Å². The van der Waals surface area contributed by atoms with E-state index < -0.39 is 0 Å². The highest BCUT2D eigenvalue weighted by Crippen LogP contribution is 2.36. The smallest absolute Gasteiger partial charge is 0.124 e. The van der Waals surface area contributed by atoms with Crippen LogP contribution < -0.4 is 10.1 Å². The number of aryl methyl sites for hydroxylation is 2. The Labute approximate surface area is 117 Å². The minimum absolute atomic E-state index is 0.489. The summed E-state index contributed by atoms with van der Waals surface area (Å²) in [5.41, 5.74) is 3.91. The van der Waals surface area contributed by atoms with Gasteiger partial charge in [0.15, 0.2) is 0 Å². The Hall–Kier alpha value is -1.02. The van der Waals surface area contributed by atoms with Crippen LogP contribution in [0.25, 0.3) is 0 Å². The van der Waals surface area contributed by atoms with E-state index in [4.69, 9.17) is 4.74 Å². The van der Waals surface area contributed by atoms with Gasteiger partial charge >= 0.3 is 0 Å². The van der Waals surface area contributed by atoms with Gasteiger partial charge in [0.1, 0.15) is 5.75 Å². The molecule has 0 aromatic heterocycles. The van der Waals surface area contributed by atoms with E-state index in [1.807, 2.05) is 0 Å². The Morgan fingerprint density at radius 2 is 1.68 bits per heavy atom. The maximum Gasteiger partial charge on any atom is 0.124 e. The number of methoxy groups -OCH3 is 1. The van der Waals surface area contributed by atoms with Gasteiger partial charge in [-0.3, -0.25) is 0 Å². The molecule has 0 bridgehead atoms. The lowest BCUT2D eigenvalue weighted by Gasteiger charge is -2.31. The highest BCUT2D eigenvalue weighted by atomic mass is 16.5. The van der Waals surface area contributed by atoms with Crippen molar-refractivity contribution in [3.63, 3.8) is 0 Å². The molecule has 1 saturated carbocycles. The summed E-state index contributed by atoms with van der Waals surface area (Å²) in [5, 5.41) is 3.54. The third kappa shape index (κ3) is 3.11. The molecule has 1 aliphatic carbocycles. The summed E-state index contributed by atoms with van der Waals surface area (Å²) in [4.78, 5) is 0. The molecule has 0 amide bonds. The van der Waals surface area contributed by atoms with E-state index in [9.17, 15) is 0 Å². The molecule has 0 spiro atoms. The van der Waals surface area contributed by atoms with Crippen LogP contribution in [0, 0.1) is 19.8 Å². The minimum Gasteiger partial charge on any atom is -0.496 e. The van der Waals surface area contributed by atoms with Crippen LogP contribution in [0.3, 0.4) is 0 Å². The monoisotopic (exact) mass is 261 g/mol. The fraction of sp³-hybridized carbons (Fsp3) is 0.647. The fourth-order valence-corrected chi connectivity index (χ4v) is 3.63. The van der Waals surface area contributed by atoms with Crippen LogP contribution >= 0.6 is 0 Å². The Kier molecular flexibility index (Phi) is 4.87. The van der Waals surface area contributed by atoms with Crippen LogP contribution in [-0.4, -0.2) is 14.2 Å².